The monoisotopic (exact) mass is 308 g/mol. The first-order chi connectivity index (χ1) is 9.61. The van der Waals surface area contributed by atoms with Crippen LogP contribution in [0.5, 0.6) is 0 Å². The predicted molar refractivity (Wildman–Crippen MR) is 78.2 cm³/mol. The molecule has 2 aromatic rings. The van der Waals surface area contributed by atoms with E-state index in [1.165, 1.54) is 23.9 Å². The highest BCUT2D eigenvalue weighted by Crippen LogP contribution is 2.27. The SMILES string of the molecule is Cc1cnc(SCC(=O)N2Cc3ccc(F)cc3C2)s1. The average Bonchev–Trinajstić information content (AvgIpc) is 3.01. The third-order valence-electron chi connectivity index (χ3n) is 3.16. The molecular formula is C14H13FN2OS2. The number of hydrogen-bond acceptors (Lipinski definition) is 4. The molecule has 20 heavy (non-hydrogen) atoms. The lowest BCUT2D eigenvalue weighted by Crippen LogP contribution is -2.26. The molecule has 0 aliphatic carbocycles. The second-order valence-electron chi connectivity index (χ2n) is 4.69. The number of thiazole rings is 1. The number of carbonyl (C=O) groups excluding carboxylic acids is 1. The molecule has 3 nitrogen and oxygen atoms in total. The topological polar surface area (TPSA) is 33.2 Å². The Kier molecular flexibility index (Phi) is 3.76. The molecule has 0 spiro atoms. The maximum absolute atomic E-state index is 13.1. The number of thioether (sulfide) groups is 1. The Bertz CT molecular complexity index is 656. The van der Waals surface area contributed by atoms with E-state index in [1.807, 2.05) is 13.1 Å². The summed E-state index contributed by atoms with van der Waals surface area (Å²) >= 11 is 3.05. The van der Waals surface area contributed by atoms with Gasteiger partial charge in [-0.3, -0.25) is 4.79 Å². The van der Waals surface area contributed by atoms with Gasteiger partial charge in [-0.15, -0.1) is 11.3 Å². The molecule has 0 N–H and O–H groups in total. The lowest BCUT2D eigenvalue weighted by Gasteiger charge is -2.14. The van der Waals surface area contributed by atoms with Gasteiger partial charge in [-0.25, -0.2) is 9.37 Å². The van der Waals surface area contributed by atoms with Gasteiger partial charge >= 0.3 is 0 Å². The summed E-state index contributed by atoms with van der Waals surface area (Å²) < 4.78 is 14.1. The molecule has 0 bridgehead atoms. The normalized spacial score (nSPS) is 13.6. The first-order valence-electron chi connectivity index (χ1n) is 6.22. The Hall–Kier alpha value is -1.40. The van der Waals surface area contributed by atoms with E-state index in [0.29, 0.717) is 18.8 Å². The molecule has 1 aliphatic heterocycles. The average molecular weight is 308 g/mol. The minimum absolute atomic E-state index is 0.0689. The third-order valence-corrected chi connectivity index (χ3v) is 5.22. The lowest BCUT2D eigenvalue weighted by molar-refractivity contribution is -0.128. The Balaban J connectivity index is 1.60. The van der Waals surface area contributed by atoms with Crippen molar-refractivity contribution in [1.29, 1.82) is 0 Å². The minimum atomic E-state index is -0.245. The van der Waals surface area contributed by atoms with Crippen LogP contribution >= 0.6 is 23.1 Å². The smallest absolute Gasteiger partial charge is 0.233 e. The van der Waals surface area contributed by atoms with E-state index in [-0.39, 0.29) is 11.7 Å². The zero-order chi connectivity index (χ0) is 14.1. The number of amides is 1. The number of fused-ring (bicyclic) bond motifs is 1. The Labute approximate surface area is 124 Å². The number of benzene rings is 1. The molecule has 0 fully saturated rings. The number of halogens is 1. The molecule has 1 aromatic heterocycles. The van der Waals surface area contributed by atoms with E-state index >= 15 is 0 Å². The standard InChI is InChI=1S/C14H13FN2OS2/c1-9-5-16-14(20-9)19-8-13(18)17-6-10-2-3-12(15)4-11(10)7-17/h2-5H,6-8H2,1H3. The molecule has 3 rings (SSSR count). The number of hydrogen-bond donors (Lipinski definition) is 0. The van der Waals surface area contributed by atoms with Crippen molar-refractivity contribution in [2.45, 2.75) is 24.4 Å². The van der Waals surface area contributed by atoms with Crippen molar-refractivity contribution >= 4 is 29.0 Å². The maximum Gasteiger partial charge on any atom is 0.233 e. The number of aryl methyl sites for hydroxylation is 1. The summed E-state index contributed by atoms with van der Waals surface area (Å²) in [4.78, 5) is 19.3. The van der Waals surface area contributed by atoms with Gasteiger partial charge in [-0.05, 0) is 30.2 Å². The number of nitrogens with zero attached hydrogens (tertiary/aromatic N) is 2. The molecule has 1 aromatic carbocycles. The first-order valence-corrected chi connectivity index (χ1v) is 8.02. The highest BCUT2D eigenvalue weighted by molar-refractivity contribution is 8.01. The van der Waals surface area contributed by atoms with Crippen molar-refractivity contribution in [3.05, 3.63) is 46.2 Å². The van der Waals surface area contributed by atoms with Crippen molar-refractivity contribution in [2.75, 3.05) is 5.75 Å². The van der Waals surface area contributed by atoms with Crippen LogP contribution in [0.25, 0.3) is 0 Å². The van der Waals surface area contributed by atoms with Gasteiger partial charge in [0, 0.05) is 24.2 Å². The van der Waals surface area contributed by atoms with Crippen molar-refractivity contribution in [3.8, 4) is 0 Å². The van der Waals surface area contributed by atoms with Crippen LogP contribution in [0.4, 0.5) is 4.39 Å². The van der Waals surface area contributed by atoms with Gasteiger partial charge in [0.25, 0.3) is 0 Å². The quantitative estimate of drug-likeness (QED) is 0.816. The van der Waals surface area contributed by atoms with Crippen LogP contribution < -0.4 is 0 Å². The fraction of sp³-hybridized carbons (Fsp3) is 0.286. The van der Waals surface area contributed by atoms with Gasteiger partial charge in [0.1, 0.15) is 5.82 Å². The second kappa shape index (κ2) is 5.54. The summed E-state index contributed by atoms with van der Waals surface area (Å²) in [5, 5.41) is 0. The minimum Gasteiger partial charge on any atom is -0.333 e. The summed E-state index contributed by atoms with van der Waals surface area (Å²) in [6.07, 6.45) is 1.81. The molecule has 1 aliphatic rings. The van der Waals surface area contributed by atoms with Crippen molar-refractivity contribution in [3.63, 3.8) is 0 Å². The van der Waals surface area contributed by atoms with Gasteiger partial charge in [-0.1, -0.05) is 17.8 Å². The number of aromatic nitrogens is 1. The molecular weight excluding hydrogens is 295 g/mol. The number of carbonyl (C=O) groups is 1. The van der Waals surface area contributed by atoms with Crippen LogP contribution in [0.2, 0.25) is 0 Å². The van der Waals surface area contributed by atoms with E-state index in [0.717, 1.165) is 20.3 Å². The predicted octanol–water partition coefficient (Wildman–Crippen LogP) is 3.23. The van der Waals surface area contributed by atoms with Crippen LogP contribution in [0.15, 0.2) is 28.7 Å². The highest BCUT2D eigenvalue weighted by atomic mass is 32.2. The van der Waals surface area contributed by atoms with Crippen LogP contribution in [-0.2, 0) is 17.9 Å². The summed E-state index contributed by atoms with van der Waals surface area (Å²) in [7, 11) is 0. The summed E-state index contributed by atoms with van der Waals surface area (Å²) in [6.45, 7) is 3.07. The zero-order valence-electron chi connectivity index (χ0n) is 10.9. The molecule has 0 atom stereocenters. The Morgan fingerprint density at radius 2 is 2.25 bits per heavy atom. The maximum atomic E-state index is 13.1. The third kappa shape index (κ3) is 2.86. The fourth-order valence-electron chi connectivity index (χ4n) is 2.15. The van der Waals surface area contributed by atoms with E-state index in [1.54, 1.807) is 22.3 Å². The molecule has 6 heteroatoms. The largest absolute Gasteiger partial charge is 0.333 e. The van der Waals surface area contributed by atoms with Crippen molar-refractivity contribution in [2.24, 2.45) is 0 Å². The van der Waals surface area contributed by atoms with Gasteiger partial charge in [0.2, 0.25) is 5.91 Å². The van der Waals surface area contributed by atoms with Crippen LogP contribution in [0, 0.1) is 12.7 Å². The Morgan fingerprint density at radius 1 is 1.45 bits per heavy atom. The highest BCUT2D eigenvalue weighted by Gasteiger charge is 2.23. The molecule has 0 radical (unpaired) electrons. The van der Waals surface area contributed by atoms with Crippen LogP contribution in [0.3, 0.4) is 0 Å². The Morgan fingerprint density at radius 3 is 3.00 bits per heavy atom. The molecule has 0 unspecified atom stereocenters. The van der Waals surface area contributed by atoms with Crippen LogP contribution in [-0.4, -0.2) is 21.5 Å². The summed E-state index contributed by atoms with van der Waals surface area (Å²) in [6, 6.07) is 4.72. The lowest BCUT2D eigenvalue weighted by atomic mass is 10.1. The van der Waals surface area contributed by atoms with Crippen molar-refractivity contribution < 1.29 is 9.18 Å². The summed E-state index contributed by atoms with van der Waals surface area (Å²) in [5.74, 6) is 0.203. The van der Waals surface area contributed by atoms with E-state index in [4.69, 9.17) is 0 Å². The van der Waals surface area contributed by atoms with Gasteiger partial charge in [0.05, 0.1) is 5.75 Å². The van der Waals surface area contributed by atoms with E-state index in [9.17, 15) is 9.18 Å². The van der Waals surface area contributed by atoms with Gasteiger partial charge < -0.3 is 4.90 Å². The molecule has 104 valence electrons. The molecule has 2 heterocycles. The molecule has 0 saturated carbocycles. The van der Waals surface area contributed by atoms with Crippen LogP contribution in [0.1, 0.15) is 16.0 Å². The fourth-order valence-corrected chi connectivity index (χ4v) is 4.00. The number of rotatable bonds is 3. The van der Waals surface area contributed by atoms with E-state index in [2.05, 4.69) is 4.98 Å². The van der Waals surface area contributed by atoms with E-state index < -0.39 is 0 Å². The van der Waals surface area contributed by atoms with Gasteiger partial charge in [0.15, 0.2) is 4.34 Å². The summed E-state index contributed by atoms with van der Waals surface area (Å²) in [5.41, 5.74) is 1.95. The zero-order valence-corrected chi connectivity index (χ0v) is 12.6. The van der Waals surface area contributed by atoms with Crippen molar-refractivity contribution in [1.82, 2.24) is 9.88 Å². The first kappa shape index (κ1) is 13.6. The molecule has 0 saturated heterocycles. The van der Waals surface area contributed by atoms with Gasteiger partial charge in [-0.2, -0.15) is 0 Å². The molecule has 1 amide bonds. The second-order valence-corrected chi connectivity index (χ2v) is 7.15.